The van der Waals surface area contributed by atoms with Crippen LogP contribution in [0.5, 0.6) is 0 Å². The third-order valence-electron chi connectivity index (χ3n) is 3.57. The second-order valence-electron chi connectivity index (χ2n) is 5.78. The Kier molecular flexibility index (Phi) is 6.23. The van der Waals surface area contributed by atoms with Crippen LogP contribution in [-0.4, -0.2) is 43.3 Å². The van der Waals surface area contributed by atoms with Crippen LogP contribution in [0.4, 0.5) is 0 Å². The van der Waals surface area contributed by atoms with E-state index in [1.807, 2.05) is 20.8 Å². The topological polar surface area (TPSA) is 65.0 Å². The number of aliphatic carboxylic acids is 1. The van der Waals surface area contributed by atoms with E-state index in [0.29, 0.717) is 32.0 Å². The molecule has 0 amide bonds. The number of hydrogen-bond donors (Lipinski definition) is 1. The quantitative estimate of drug-likeness (QED) is 0.735. The minimum atomic E-state index is -0.893. The Morgan fingerprint density at radius 1 is 1.53 bits per heavy atom. The highest BCUT2D eigenvalue weighted by Crippen LogP contribution is 2.35. The zero-order valence-electron chi connectivity index (χ0n) is 12.3. The predicted octanol–water partition coefficient (Wildman–Crippen LogP) is 2.29. The summed E-state index contributed by atoms with van der Waals surface area (Å²) in [7, 11) is 0. The van der Waals surface area contributed by atoms with E-state index in [1.165, 1.54) is 0 Å². The van der Waals surface area contributed by atoms with Crippen LogP contribution in [0.1, 0.15) is 40.5 Å². The summed E-state index contributed by atoms with van der Waals surface area (Å²) in [5, 5.41) is 9.60. The summed E-state index contributed by atoms with van der Waals surface area (Å²) >= 11 is 0. The molecule has 5 heteroatoms. The minimum absolute atomic E-state index is 0.0672. The summed E-state index contributed by atoms with van der Waals surface area (Å²) in [4.78, 5) is 11.7. The molecule has 1 N–H and O–H groups in total. The van der Waals surface area contributed by atoms with E-state index < -0.39 is 11.4 Å². The van der Waals surface area contributed by atoms with Crippen molar-refractivity contribution in [3.8, 4) is 0 Å². The molecule has 3 atom stereocenters. The Morgan fingerprint density at radius 3 is 2.63 bits per heavy atom. The van der Waals surface area contributed by atoms with Crippen LogP contribution >= 0.6 is 0 Å². The maximum Gasteiger partial charge on any atom is 0.312 e. The molecule has 0 aliphatic carbocycles. The highest BCUT2D eigenvalue weighted by Gasteiger charge is 2.44. The van der Waals surface area contributed by atoms with E-state index in [-0.39, 0.29) is 19.0 Å². The molecule has 3 unspecified atom stereocenters. The van der Waals surface area contributed by atoms with E-state index in [9.17, 15) is 9.90 Å². The number of rotatable bonds is 8. The lowest BCUT2D eigenvalue weighted by Crippen LogP contribution is -2.44. The Bertz CT molecular complexity index is 286. The van der Waals surface area contributed by atoms with Crippen molar-refractivity contribution in [1.29, 1.82) is 0 Å². The lowest BCUT2D eigenvalue weighted by atomic mass is 9.75. The smallest absolute Gasteiger partial charge is 0.312 e. The molecule has 0 saturated carbocycles. The summed E-state index contributed by atoms with van der Waals surface area (Å²) < 4.78 is 16.3. The van der Waals surface area contributed by atoms with Crippen LogP contribution in [0.3, 0.4) is 0 Å². The monoisotopic (exact) mass is 274 g/mol. The van der Waals surface area contributed by atoms with Gasteiger partial charge in [0.1, 0.15) is 6.79 Å². The lowest BCUT2D eigenvalue weighted by Gasteiger charge is -2.36. The van der Waals surface area contributed by atoms with Crippen LogP contribution in [0.25, 0.3) is 0 Å². The molecule has 5 nitrogen and oxygen atoms in total. The van der Waals surface area contributed by atoms with Gasteiger partial charge >= 0.3 is 5.97 Å². The highest BCUT2D eigenvalue weighted by atomic mass is 16.7. The predicted molar refractivity (Wildman–Crippen MR) is 70.9 cm³/mol. The maximum atomic E-state index is 11.7. The molecule has 0 bridgehead atoms. The normalized spacial score (nSPS) is 24.4. The average molecular weight is 274 g/mol. The van der Waals surface area contributed by atoms with E-state index in [0.717, 1.165) is 0 Å². The van der Waals surface area contributed by atoms with E-state index in [4.69, 9.17) is 14.2 Å². The molecule has 1 rings (SSSR count). The fraction of sp³-hybridized carbons (Fsp3) is 0.929. The van der Waals surface area contributed by atoms with Crippen molar-refractivity contribution in [3.05, 3.63) is 0 Å². The van der Waals surface area contributed by atoms with Crippen LogP contribution in [-0.2, 0) is 19.0 Å². The van der Waals surface area contributed by atoms with Crippen LogP contribution in [0, 0.1) is 11.3 Å². The van der Waals surface area contributed by atoms with Gasteiger partial charge in [-0.1, -0.05) is 13.8 Å². The fourth-order valence-corrected chi connectivity index (χ4v) is 2.66. The van der Waals surface area contributed by atoms with Crippen LogP contribution < -0.4 is 0 Å². The van der Waals surface area contributed by atoms with E-state index in [1.54, 1.807) is 6.92 Å². The van der Waals surface area contributed by atoms with Gasteiger partial charge in [-0.15, -0.1) is 0 Å². The molecule has 112 valence electrons. The molecular formula is C14H26O5. The summed E-state index contributed by atoms with van der Waals surface area (Å²) in [6.07, 6.45) is 0.718. The van der Waals surface area contributed by atoms with Crippen molar-refractivity contribution in [1.82, 2.24) is 0 Å². The van der Waals surface area contributed by atoms with Gasteiger partial charge in [0.05, 0.1) is 24.2 Å². The lowest BCUT2D eigenvalue weighted by molar-refractivity contribution is -0.162. The summed E-state index contributed by atoms with van der Waals surface area (Å²) in [5.74, 6) is -0.511. The molecule has 1 aliphatic rings. The number of carboxylic acid groups (broad SMARTS) is 1. The first kappa shape index (κ1) is 16.4. The van der Waals surface area contributed by atoms with Gasteiger partial charge in [0.2, 0.25) is 0 Å². The average Bonchev–Trinajstić information content (AvgIpc) is 2.80. The molecule has 1 saturated heterocycles. The number of carbonyl (C=O) groups is 1. The van der Waals surface area contributed by atoms with Crippen molar-refractivity contribution >= 4 is 5.97 Å². The van der Waals surface area contributed by atoms with Gasteiger partial charge in [-0.3, -0.25) is 4.79 Å². The summed E-state index contributed by atoms with van der Waals surface area (Å²) in [6.45, 7) is 9.01. The van der Waals surface area contributed by atoms with E-state index in [2.05, 4.69) is 0 Å². The molecule has 1 heterocycles. The van der Waals surface area contributed by atoms with Gasteiger partial charge < -0.3 is 19.3 Å². The maximum absolute atomic E-state index is 11.7. The van der Waals surface area contributed by atoms with Gasteiger partial charge in [-0.05, 0) is 26.2 Å². The van der Waals surface area contributed by atoms with Crippen molar-refractivity contribution in [3.63, 3.8) is 0 Å². The summed E-state index contributed by atoms with van der Waals surface area (Å²) in [6, 6.07) is 0. The first-order valence-corrected chi connectivity index (χ1v) is 6.94. The molecule has 0 aromatic rings. The Labute approximate surface area is 115 Å². The second kappa shape index (κ2) is 7.22. The Hall–Kier alpha value is -0.650. The van der Waals surface area contributed by atoms with Gasteiger partial charge in [0, 0.05) is 13.0 Å². The third kappa shape index (κ3) is 4.44. The molecule has 1 fully saturated rings. The fourth-order valence-electron chi connectivity index (χ4n) is 2.66. The number of carboxylic acids is 1. The number of hydrogen-bond acceptors (Lipinski definition) is 4. The van der Waals surface area contributed by atoms with Gasteiger partial charge in [0.25, 0.3) is 0 Å². The third-order valence-corrected chi connectivity index (χ3v) is 3.57. The van der Waals surface area contributed by atoms with E-state index >= 15 is 0 Å². The van der Waals surface area contributed by atoms with Gasteiger partial charge in [0.15, 0.2) is 0 Å². The van der Waals surface area contributed by atoms with Crippen LogP contribution in [0.15, 0.2) is 0 Å². The zero-order chi connectivity index (χ0) is 14.5. The molecular weight excluding hydrogens is 248 g/mol. The van der Waals surface area contributed by atoms with Crippen molar-refractivity contribution in [2.75, 3.05) is 20.0 Å². The standard InChI is InChI=1S/C14H26O5/c1-5-18-12(6-11-8-17-9-19-11)14(4,13(15)16)7-10(2)3/h10-12H,5-9H2,1-4H3,(H,15,16). The SMILES string of the molecule is CCOC(CC1COCO1)C(C)(CC(C)C)C(=O)O. The second-order valence-corrected chi connectivity index (χ2v) is 5.78. The first-order chi connectivity index (χ1) is 8.90. The zero-order valence-corrected chi connectivity index (χ0v) is 12.3. The molecule has 19 heavy (non-hydrogen) atoms. The molecule has 1 aliphatic heterocycles. The van der Waals surface area contributed by atoms with Crippen molar-refractivity contribution in [2.24, 2.45) is 11.3 Å². The minimum Gasteiger partial charge on any atom is -0.481 e. The van der Waals surface area contributed by atoms with Crippen molar-refractivity contribution in [2.45, 2.75) is 52.7 Å². The Morgan fingerprint density at radius 2 is 2.21 bits per heavy atom. The molecule has 0 aromatic heterocycles. The Balaban J connectivity index is 2.80. The largest absolute Gasteiger partial charge is 0.481 e. The van der Waals surface area contributed by atoms with Crippen molar-refractivity contribution < 1.29 is 24.1 Å². The molecule has 0 spiro atoms. The van der Waals surface area contributed by atoms with Crippen LogP contribution in [0.2, 0.25) is 0 Å². The highest BCUT2D eigenvalue weighted by molar-refractivity contribution is 5.75. The summed E-state index contributed by atoms with van der Waals surface area (Å²) in [5.41, 5.74) is -0.893. The van der Waals surface area contributed by atoms with Gasteiger partial charge in [-0.25, -0.2) is 0 Å². The molecule has 0 aromatic carbocycles. The van der Waals surface area contributed by atoms with Gasteiger partial charge in [-0.2, -0.15) is 0 Å². The number of ether oxygens (including phenoxy) is 3. The molecule has 0 radical (unpaired) electrons. The first-order valence-electron chi connectivity index (χ1n) is 6.94.